The van der Waals surface area contributed by atoms with Gasteiger partial charge in [-0.05, 0) is 49.9 Å². The number of carbonyl (C=O) groups is 2. The average molecular weight is 445 g/mol. The lowest BCUT2D eigenvalue weighted by atomic mass is 9.94. The molecule has 0 bridgehead atoms. The summed E-state index contributed by atoms with van der Waals surface area (Å²) in [5.74, 6) is 0.743. The molecule has 1 aliphatic carbocycles. The molecule has 33 heavy (non-hydrogen) atoms. The van der Waals surface area contributed by atoms with Crippen molar-refractivity contribution < 1.29 is 9.59 Å². The maximum Gasteiger partial charge on any atom is 0.278 e. The number of hydrogen-bond acceptors (Lipinski definition) is 5. The zero-order valence-electron chi connectivity index (χ0n) is 19.6. The van der Waals surface area contributed by atoms with E-state index in [2.05, 4.69) is 27.8 Å². The van der Waals surface area contributed by atoms with E-state index in [1.807, 2.05) is 43.5 Å². The van der Waals surface area contributed by atoms with E-state index in [0.29, 0.717) is 24.4 Å². The summed E-state index contributed by atoms with van der Waals surface area (Å²) in [4.78, 5) is 38.0. The number of anilines is 1. The second-order valence-corrected chi connectivity index (χ2v) is 9.48. The van der Waals surface area contributed by atoms with Gasteiger partial charge in [-0.15, -0.1) is 0 Å². The fourth-order valence-corrected chi connectivity index (χ4v) is 5.54. The van der Waals surface area contributed by atoms with Gasteiger partial charge in [0.15, 0.2) is 0 Å². The minimum absolute atomic E-state index is 0.0202. The van der Waals surface area contributed by atoms with Crippen LogP contribution in [0.3, 0.4) is 0 Å². The van der Waals surface area contributed by atoms with Gasteiger partial charge in [-0.1, -0.05) is 49.1 Å². The summed E-state index contributed by atoms with van der Waals surface area (Å²) in [6.07, 6.45) is 6.99. The van der Waals surface area contributed by atoms with E-state index >= 15 is 0 Å². The number of hydrogen-bond donors (Lipinski definition) is 0. The lowest BCUT2D eigenvalue weighted by Crippen LogP contribution is -2.49. The molecular weight excluding hydrogens is 412 g/mol. The smallest absolute Gasteiger partial charge is 0.278 e. The molecule has 3 heterocycles. The van der Waals surface area contributed by atoms with Crippen LogP contribution < -0.4 is 4.90 Å². The second kappa shape index (κ2) is 9.00. The quantitative estimate of drug-likeness (QED) is 0.669. The van der Waals surface area contributed by atoms with Crippen LogP contribution in [-0.2, 0) is 9.59 Å². The number of piperazine rings is 1. The van der Waals surface area contributed by atoms with Gasteiger partial charge in [0.05, 0.1) is 5.57 Å². The zero-order chi connectivity index (χ0) is 22.9. The van der Waals surface area contributed by atoms with Gasteiger partial charge in [0.25, 0.3) is 11.8 Å². The zero-order valence-corrected chi connectivity index (χ0v) is 19.6. The Morgan fingerprint density at radius 3 is 2.24 bits per heavy atom. The third-order valence-electron chi connectivity index (χ3n) is 7.25. The first kappa shape index (κ1) is 21.7. The summed E-state index contributed by atoms with van der Waals surface area (Å²) in [7, 11) is 0. The fourth-order valence-electron chi connectivity index (χ4n) is 5.54. The van der Waals surface area contributed by atoms with Crippen molar-refractivity contribution >= 4 is 23.2 Å². The van der Waals surface area contributed by atoms with Gasteiger partial charge in [0.1, 0.15) is 11.5 Å². The molecule has 0 radical (unpaired) electrons. The van der Waals surface area contributed by atoms with Crippen LogP contribution in [0.2, 0.25) is 0 Å². The van der Waals surface area contributed by atoms with Gasteiger partial charge in [0.2, 0.25) is 0 Å². The van der Waals surface area contributed by atoms with Crippen LogP contribution >= 0.6 is 0 Å². The molecule has 1 aromatic carbocycles. The van der Waals surface area contributed by atoms with Crippen LogP contribution in [0.4, 0.5) is 5.82 Å². The van der Waals surface area contributed by atoms with Gasteiger partial charge < -0.3 is 9.80 Å². The fraction of sp³-hybridized carbons (Fsp3) is 0.444. The SMILES string of the molecule is Cc1ccc(C2=C(N3CCN(c4ccccn4)CC3)C(=O)N(C3CCCCC3)C2=O)c(C)c1. The predicted octanol–water partition coefficient (Wildman–Crippen LogP) is 3.93. The number of amides is 2. The molecule has 0 spiro atoms. The van der Waals surface area contributed by atoms with E-state index in [-0.39, 0.29) is 17.9 Å². The van der Waals surface area contributed by atoms with Crippen LogP contribution in [0.25, 0.3) is 5.57 Å². The van der Waals surface area contributed by atoms with E-state index in [9.17, 15) is 9.59 Å². The largest absolute Gasteiger partial charge is 0.363 e. The molecule has 0 N–H and O–H groups in total. The summed E-state index contributed by atoms with van der Waals surface area (Å²) in [5, 5.41) is 0. The number of imide groups is 1. The normalized spacial score (nSPS) is 20.2. The van der Waals surface area contributed by atoms with Crippen molar-refractivity contribution in [3.05, 3.63) is 65.0 Å². The maximum absolute atomic E-state index is 13.8. The van der Waals surface area contributed by atoms with Crippen molar-refractivity contribution in [2.75, 3.05) is 31.1 Å². The van der Waals surface area contributed by atoms with Gasteiger partial charge in [-0.25, -0.2) is 4.98 Å². The molecule has 5 rings (SSSR count). The van der Waals surface area contributed by atoms with Gasteiger partial charge in [-0.3, -0.25) is 14.5 Å². The highest BCUT2D eigenvalue weighted by atomic mass is 16.2. The minimum atomic E-state index is -0.110. The van der Waals surface area contributed by atoms with Crippen LogP contribution in [-0.4, -0.2) is 58.8 Å². The number of aryl methyl sites for hydroxylation is 2. The molecule has 1 aromatic heterocycles. The average Bonchev–Trinajstić information content (AvgIpc) is 3.10. The number of aromatic nitrogens is 1. The molecule has 0 atom stereocenters. The molecule has 2 fully saturated rings. The van der Waals surface area contributed by atoms with Crippen LogP contribution in [0, 0.1) is 13.8 Å². The third kappa shape index (κ3) is 4.03. The summed E-state index contributed by atoms with van der Waals surface area (Å²) in [5.41, 5.74) is 4.27. The first-order valence-corrected chi connectivity index (χ1v) is 12.2. The number of benzene rings is 1. The molecule has 6 heteroatoms. The molecule has 1 saturated heterocycles. The van der Waals surface area contributed by atoms with Crippen molar-refractivity contribution in [1.82, 2.24) is 14.8 Å². The van der Waals surface area contributed by atoms with Crippen molar-refractivity contribution in [3.63, 3.8) is 0 Å². The van der Waals surface area contributed by atoms with Crippen LogP contribution in [0.15, 0.2) is 48.3 Å². The molecule has 6 nitrogen and oxygen atoms in total. The molecule has 2 aliphatic heterocycles. The number of carbonyl (C=O) groups excluding carboxylic acids is 2. The Kier molecular flexibility index (Phi) is 5.92. The Morgan fingerprint density at radius 1 is 0.848 bits per heavy atom. The number of rotatable bonds is 4. The highest BCUT2D eigenvalue weighted by Crippen LogP contribution is 2.37. The first-order chi connectivity index (χ1) is 16.0. The predicted molar refractivity (Wildman–Crippen MR) is 130 cm³/mol. The standard InChI is InChI=1S/C27H32N4O2/c1-19-11-12-22(20(2)18-19)24-25(27(33)31(26(24)32)21-8-4-3-5-9-21)30-16-14-29(15-17-30)23-10-6-7-13-28-23/h6-7,10-13,18,21H,3-5,8-9,14-17H2,1-2H3. The van der Waals surface area contributed by atoms with Gasteiger partial charge >= 0.3 is 0 Å². The molecule has 0 unspecified atom stereocenters. The summed E-state index contributed by atoms with van der Waals surface area (Å²) < 4.78 is 0. The first-order valence-electron chi connectivity index (χ1n) is 12.2. The highest BCUT2D eigenvalue weighted by Gasteiger charge is 2.45. The van der Waals surface area contributed by atoms with E-state index in [0.717, 1.165) is 61.3 Å². The Labute approximate surface area is 195 Å². The molecular formula is C27H32N4O2. The van der Waals surface area contributed by atoms with E-state index < -0.39 is 0 Å². The highest BCUT2D eigenvalue weighted by molar-refractivity contribution is 6.36. The van der Waals surface area contributed by atoms with Gasteiger partial charge in [0, 0.05) is 38.4 Å². The minimum Gasteiger partial charge on any atom is -0.363 e. The molecule has 2 aromatic rings. The van der Waals surface area contributed by atoms with Crippen molar-refractivity contribution in [3.8, 4) is 0 Å². The van der Waals surface area contributed by atoms with E-state index in [4.69, 9.17) is 0 Å². The van der Waals surface area contributed by atoms with Crippen molar-refractivity contribution in [1.29, 1.82) is 0 Å². The third-order valence-corrected chi connectivity index (χ3v) is 7.25. The van der Waals surface area contributed by atoms with Crippen LogP contribution in [0.1, 0.15) is 48.8 Å². The molecule has 1 saturated carbocycles. The van der Waals surface area contributed by atoms with Crippen molar-refractivity contribution in [2.45, 2.75) is 52.0 Å². The number of nitrogens with zero attached hydrogens (tertiary/aromatic N) is 4. The Bertz CT molecular complexity index is 1080. The maximum atomic E-state index is 13.8. The van der Waals surface area contributed by atoms with Crippen molar-refractivity contribution in [2.24, 2.45) is 0 Å². The van der Waals surface area contributed by atoms with Gasteiger partial charge in [-0.2, -0.15) is 0 Å². The Hall–Kier alpha value is -3.15. The molecule has 172 valence electrons. The molecule has 3 aliphatic rings. The van der Waals surface area contributed by atoms with Crippen LogP contribution in [0.5, 0.6) is 0 Å². The van der Waals surface area contributed by atoms with E-state index in [1.165, 1.54) is 6.42 Å². The summed E-state index contributed by atoms with van der Waals surface area (Å²) in [6.45, 7) is 7.01. The topological polar surface area (TPSA) is 56.8 Å². The lowest BCUT2D eigenvalue weighted by molar-refractivity contribution is -0.141. The second-order valence-electron chi connectivity index (χ2n) is 9.48. The lowest BCUT2D eigenvalue weighted by Gasteiger charge is -2.37. The monoisotopic (exact) mass is 444 g/mol. The van der Waals surface area contributed by atoms with E-state index in [1.54, 1.807) is 4.90 Å². The molecule has 2 amide bonds. The Morgan fingerprint density at radius 2 is 1.58 bits per heavy atom. The Balaban J connectivity index is 1.49. The summed E-state index contributed by atoms with van der Waals surface area (Å²) in [6, 6.07) is 12.1. The summed E-state index contributed by atoms with van der Waals surface area (Å²) >= 11 is 0. The number of pyridine rings is 1.